The molecule has 1 atom stereocenters. The Morgan fingerprint density at radius 2 is 2.00 bits per heavy atom. The highest BCUT2D eigenvalue weighted by atomic mass is 35.5. The minimum absolute atomic E-state index is 0.262. The molecule has 1 unspecified atom stereocenters. The monoisotopic (exact) mass is 319 g/mol. The molecule has 0 aliphatic carbocycles. The van der Waals surface area contributed by atoms with E-state index in [-0.39, 0.29) is 17.4 Å². The van der Waals surface area contributed by atoms with Crippen molar-refractivity contribution in [1.29, 1.82) is 0 Å². The van der Waals surface area contributed by atoms with Crippen LogP contribution in [0, 0.1) is 0 Å². The van der Waals surface area contributed by atoms with Crippen molar-refractivity contribution in [3.05, 3.63) is 48.2 Å². The Bertz CT molecular complexity index is 687. The second-order valence-corrected chi connectivity index (χ2v) is 5.11. The molecule has 1 heterocycles. The predicted molar refractivity (Wildman–Crippen MR) is 83.2 cm³/mol. The van der Waals surface area contributed by atoms with Gasteiger partial charge in [-0.1, -0.05) is 12.1 Å². The average Bonchev–Trinajstić information content (AvgIpc) is 2.49. The lowest BCUT2D eigenvalue weighted by atomic mass is 10.2. The molecule has 22 heavy (non-hydrogen) atoms. The van der Waals surface area contributed by atoms with Gasteiger partial charge in [-0.05, 0) is 25.1 Å². The van der Waals surface area contributed by atoms with Crippen LogP contribution in [0.1, 0.15) is 17.3 Å². The Balaban J connectivity index is 2.12. The number of pyridine rings is 1. The topological polar surface area (TPSA) is 94.3 Å². The molecule has 114 valence electrons. The molecule has 1 aromatic heterocycles. The normalized spacial score (nSPS) is 11.5. The minimum atomic E-state index is -0.640. The highest BCUT2D eigenvalue weighted by Crippen LogP contribution is 2.24. The number of carbonyl (C=O) groups is 2. The third kappa shape index (κ3) is 3.95. The quantitative estimate of drug-likeness (QED) is 0.828. The first kappa shape index (κ1) is 15.8. The van der Waals surface area contributed by atoms with Crippen LogP contribution in [-0.4, -0.2) is 22.2 Å². The van der Waals surface area contributed by atoms with Gasteiger partial charge in [0.2, 0.25) is 11.8 Å². The number of primary amides is 1. The zero-order valence-electron chi connectivity index (χ0n) is 11.7. The molecular formula is C15H14ClN3O3. The number of alkyl halides is 1. The van der Waals surface area contributed by atoms with Crippen molar-refractivity contribution < 1.29 is 14.3 Å². The number of hydrogen-bond acceptors (Lipinski definition) is 4. The van der Waals surface area contributed by atoms with Crippen LogP contribution in [0.25, 0.3) is 0 Å². The molecule has 3 N–H and O–H groups in total. The van der Waals surface area contributed by atoms with E-state index in [1.165, 1.54) is 6.20 Å². The average molecular weight is 320 g/mol. The molecule has 1 aromatic carbocycles. The number of para-hydroxylation sites is 1. The summed E-state index contributed by atoms with van der Waals surface area (Å²) in [6.07, 6.45) is 1.43. The second-order valence-electron chi connectivity index (χ2n) is 4.45. The number of aromatic nitrogens is 1. The summed E-state index contributed by atoms with van der Waals surface area (Å²) in [5.41, 5.74) is 6.03. The number of halogens is 1. The zero-order chi connectivity index (χ0) is 16.1. The SMILES string of the molecule is CC(Cl)C(=O)Nc1ccc(Oc2ccccc2C(N)=O)nc1. The van der Waals surface area contributed by atoms with E-state index < -0.39 is 11.3 Å². The van der Waals surface area contributed by atoms with E-state index in [9.17, 15) is 9.59 Å². The fraction of sp³-hybridized carbons (Fsp3) is 0.133. The number of rotatable bonds is 5. The third-order valence-electron chi connectivity index (χ3n) is 2.73. The number of anilines is 1. The van der Waals surface area contributed by atoms with Crippen molar-refractivity contribution in [1.82, 2.24) is 4.98 Å². The Kier molecular flexibility index (Phi) is 4.95. The van der Waals surface area contributed by atoms with Crippen molar-refractivity contribution in [2.45, 2.75) is 12.3 Å². The van der Waals surface area contributed by atoms with Gasteiger partial charge < -0.3 is 15.8 Å². The maximum Gasteiger partial charge on any atom is 0.252 e. The number of benzene rings is 1. The van der Waals surface area contributed by atoms with Crippen LogP contribution in [0.5, 0.6) is 11.6 Å². The van der Waals surface area contributed by atoms with Gasteiger partial charge in [0.25, 0.3) is 5.91 Å². The lowest BCUT2D eigenvalue weighted by Gasteiger charge is -2.09. The predicted octanol–water partition coefficient (Wildman–Crippen LogP) is 2.54. The van der Waals surface area contributed by atoms with Gasteiger partial charge in [-0.3, -0.25) is 9.59 Å². The molecule has 7 heteroatoms. The Hall–Kier alpha value is -2.60. The molecule has 0 saturated heterocycles. The Morgan fingerprint density at radius 3 is 2.59 bits per heavy atom. The summed E-state index contributed by atoms with van der Waals surface area (Å²) < 4.78 is 5.53. The Morgan fingerprint density at radius 1 is 1.27 bits per heavy atom. The molecule has 2 amide bonds. The zero-order valence-corrected chi connectivity index (χ0v) is 12.5. The number of nitrogens with zero attached hydrogens (tertiary/aromatic N) is 1. The standard InChI is InChI=1S/C15H14ClN3O3/c1-9(16)15(21)19-10-6-7-13(18-8-10)22-12-5-3-2-4-11(12)14(17)20/h2-9H,1H3,(H2,17,20)(H,19,21). The molecule has 0 radical (unpaired) electrons. The number of ether oxygens (including phenoxy) is 1. The van der Waals surface area contributed by atoms with Crippen molar-refractivity contribution in [2.75, 3.05) is 5.32 Å². The van der Waals surface area contributed by atoms with Crippen LogP contribution in [-0.2, 0) is 4.79 Å². The molecular weight excluding hydrogens is 306 g/mol. The van der Waals surface area contributed by atoms with Crippen LogP contribution in [0.4, 0.5) is 5.69 Å². The molecule has 0 fully saturated rings. The van der Waals surface area contributed by atoms with E-state index in [1.807, 2.05) is 0 Å². The molecule has 0 saturated carbocycles. The minimum Gasteiger partial charge on any atom is -0.438 e. The summed E-state index contributed by atoms with van der Waals surface area (Å²) in [6, 6.07) is 9.77. The van der Waals surface area contributed by atoms with E-state index in [1.54, 1.807) is 43.3 Å². The fourth-order valence-corrected chi connectivity index (χ4v) is 1.68. The number of nitrogens with two attached hydrogens (primary N) is 1. The smallest absolute Gasteiger partial charge is 0.252 e. The summed E-state index contributed by atoms with van der Waals surface area (Å²) in [6.45, 7) is 1.57. The molecule has 0 spiro atoms. The summed E-state index contributed by atoms with van der Waals surface area (Å²) in [7, 11) is 0. The summed E-state index contributed by atoms with van der Waals surface area (Å²) in [4.78, 5) is 26.8. The largest absolute Gasteiger partial charge is 0.438 e. The van der Waals surface area contributed by atoms with E-state index >= 15 is 0 Å². The lowest BCUT2D eigenvalue weighted by molar-refractivity contribution is -0.115. The van der Waals surface area contributed by atoms with Crippen LogP contribution >= 0.6 is 11.6 Å². The van der Waals surface area contributed by atoms with Crippen molar-refractivity contribution >= 4 is 29.1 Å². The molecule has 0 aliphatic rings. The van der Waals surface area contributed by atoms with Gasteiger partial charge in [-0.2, -0.15) is 0 Å². The first-order chi connectivity index (χ1) is 10.5. The second kappa shape index (κ2) is 6.91. The fourth-order valence-electron chi connectivity index (χ4n) is 1.63. The van der Waals surface area contributed by atoms with Gasteiger partial charge in [-0.15, -0.1) is 11.6 Å². The lowest BCUT2D eigenvalue weighted by Crippen LogP contribution is -2.20. The number of nitrogens with one attached hydrogen (secondary N) is 1. The van der Waals surface area contributed by atoms with Crippen LogP contribution < -0.4 is 15.8 Å². The van der Waals surface area contributed by atoms with Gasteiger partial charge >= 0.3 is 0 Å². The van der Waals surface area contributed by atoms with Gasteiger partial charge in [0.1, 0.15) is 11.1 Å². The van der Waals surface area contributed by atoms with Crippen LogP contribution in [0.3, 0.4) is 0 Å². The first-order valence-corrected chi connectivity index (χ1v) is 6.88. The van der Waals surface area contributed by atoms with E-state index in [4.69, 9.17) is 22.1 Å². The summed E-state index contributed by atoms with van der Waals surface area (Å²) >= 11 is 5.66. The van der Waals surface area contributed by atoms with Gasteiger partial charge in [0.05, 0.1) is 17.4 Å². The van der Waals surface area contributed by atoms with Gasteiger partial charge in [-0.25, -0.2) is 4.98 Å². The van der Waals surface area contributed by atoms with Crippen LogP contribution in [0.15, 0.2) is 42.6 Å². The number of carbonyl (C=O) groups excluding carboxylic acids is 2. The van der Waals surface area contributed by atoms with Crippen molar-refractivity contribution in [2.24, 2.45) is 5.73 Å². The molecule has 0 aliphatic heterocycles. The van der Waals surface area contributed by atoms with Gasteiger partial charge in [0, 0.05) is 6.07 Å². The molecule has 2 rings (SSSR count). The van der Waals surface area contributed by atoms with E-state index in [0.29, 0.717) is 11.4 Å². The highest BCUT2D eigenvalue weighted by Gasteiger charge is 2.11. The summed E-state index contributed by atoms with van der Waals surface area (Å²) in [5.74, 6) is -0.328. The molecule has 2 aromatic rings. The molecule has 0 bridgehead atoms. The number of amides is 2. The maximum absolute atomic E-state index is 11.5. The van der Waals surface area contributed by atoms with Gasteiger partial charge in [0.15, 0.2) is 0 Å². The van der Waals surface area contributed by atoms with E-state index in [2.05, 4.69) is 10.3 Å². The van der Waals surface area contributed by atoms with Crippen molar-refractivity contribution in [3.8, 4) is 11.6 Å². The Labute approximate surface area is 132 Å². The summed E-state index contributed by atoms with van der Waals surface area (Å²) in [5, 5.41) is 1.96. The first-order valence-electron chi connectivity index (χ1n) is 6.45. The highest BCUT2D eigenvalue weighted by molar-refractivity contribution is 6.32. The van der Waals surface area contributed by atoms with E-state index in [0.717, 1.165) is 0 Å². The van der Waals surface area contributed by atoms with Crippen LogP contribution in [0.2, 0.25) is 0 Å². The molecule has 6 nitrogen and oxygen atoms in total. The van der Waals surface area contributed by atoms with Crippen molar-refractivity contribution in [3.63, 3.8) is 0 Å². The maximum atomic E-state index is 11.5. The third-order valence-corrected chi connectivity index (χ3v) is 2.93. The number of hydrogen-bond donors (Lipinski definition) is 2.